The van der Waals surface area contributed by atoms with Gasteiger partial charge in [-0.05, 0) is 54.0 Å². The summed E-state index contributed by atoms with van der Waals surface area (Å²) >= 11 is 0. The maximum atomic E-state index is 11.3. The van der Waals surface area contributed by atoms with E-state index >= 15 is 0 Å². The van der Waals surface area contributed by atoms with Crippen LogP contribution in [-0.4, -0.2) is 61.7 Å². The van der Waals surface area contributed by atoms with Gasteiger partial charge in [-0.1, -0.05) is 13.3 Å². The minimum absolute atomic E-state index is 0.610. The summed E-state index contributed by atoms with van der Waals surface area (Å²) in [4.78, 5) is 15.6. The molecule has 0 heterocycles. The summed E-state index contributed by atoms with van der Waals surface area (Å²) in [6.07, 6.45) is 2.72. The summed E-state index contributed by atoms with van der Waals surface area (Å²) in [5.74, 6) is -0.682. The van der Waals surface area contributed by atoms with Crippen molar-refractivity contribution in [2.24, 2.45) is 5.41 Å². The fourth-order valence-corrected chi connectivity index (χ4v) is 2.14. The maximum Gasteiger partial charge on any atom is 0.310 e. The summed E-state index contributed by atoms with van der Waals surface area (Å²) < 4.78 is 0. The Morgan fingerprint density at radius 2 is 1.82 bits per heavy atom. The van der Waals surface area contributed by atoms with Gasteiger partial charge < -0.3 is 14.9 Å². The Hall–Kier alpha value is -0.610. The summed E-state index contributed by atoms with van der Waals surface area (Å²) in [5, 5.41) is 9.29. The highest BCUT2D eigenvalue weighted by Crippen LogP contribution is 2.24. The average Bonchev–Trinajstić information content (AvgIpc) is 2.16. The zero-order chi connectivity index (χ0) is 13.5. The lowest BCUT2D eigenvalue weighted by molar-refractivity contribution is -0.149. The second-order valence-electron chi connectivity index (χ2n) is 5.51. The second-order valence-corrected chi connectivity index (χ2v) is 5.51. The lowest BCUT2D eigenvalue weighted by Crippen LogP contribution is -2.40. The SMILES string of the molecule is CCCC(C)(CN(C)CCCN(C)C)C(=O)O. The summed E-state index contributed by atoms with van der Waals surface area (Å²) in [7, 11) is 6.11. The Morgan fingerprint density at radius 1 is 1.24 bits per heavy atom. The fourth-order valence-electron chi connectivity index (χ4n) is 2.14. The highest BCUT2D eigenvalue weighted by Gasteiger charge is 2.33. The van der Waals surface area contributed by atoms with Crippen LogP contribution in [0.25, 0.3) is 0 Å². The number of hydrogen-bond donors (Lipinski definition) is 1. The van der Waals surface area contributed by atoms with Crippen LogP contribution in [0.15, 0.2) is 0 Å². The number of carboxylic acids is 1. The van der Waals surface area contributed by atoms with Crippen molar-refractivity contribution >= 4 is 5.97 Å². The van der Waals surface area contributed by atoms with Crippen LogP contribution in [0.5, 0.6) is 0 Å². The normalized spacial score (nSPS) is 15.2. The van der Waals surface area contributed by atoms with Crippen molar-refractivity contribution in [2.45, 2.75) is 33.1 Å². The van der Waals surface area contributed by atoms with E-state index in [0.29, 0.717) is 6.54 Å². The number of carbonyl (C=O) groups is 1. The van der Waals surface area contributed by atoms with E-state index in [2.05, 4.69) is 23.9 Å². The second kappa shape index (κ2) is 7.67. The largest absolute Gasteiger partial charge is 0.481 e. The molecule has 0 aliphatic carbocycles. The molecule has 4 heteroatoms. The molecule has 17 heavy (non-hydrogen) atoms. The minimum Gasteiger partial charge on any atom is -0.481 e. The standard InChI is InChI=1S/C13H28N2O2/c1-6-8-13(2,12(16)17)11-15(5)10-7-9-14(3)4/h6-11H2,1-5H3,(H,16,17). The predicted molar refractivity (Wildman–Crippen MR) is 71.3 cm³/mol. The summed E-state index contributed by atoms with van der Waals surface area (Å²) in [5.41, 5.74) is -0.610. The molecule has 0 aromatic carbocycles. The van der Waals surface area contributed by atoms with Crippen LogP contribution < -0.4 is 0 Å². The van der Waals surface area contributed by atoms with Crippen LogP contribution in [0.1, 0.15) is 33.1 Å². The zero-order valence-corrected chi connectivity index (χ0v) is 12.0. The van der Waals surface area contributed by atoms with E-state index in [1.165, 1.54) is 0 Å². The van der Waals surface area contributed by atoms with E-state index in [1.807, 2.05) is 20.9 Å². The van der Waals surface area contributed by atoms with Crippen molar-refractivity contribution in [1.29, 1.82) is 0 Å². The van der Waals surface area contributed by atoms with Gasteiger partial charge in [0.2, 0.25) is 0 Å². The number of nitrogens with zero attached hydrogens (tertiary/aromatic N) is 2. The van der Waals surface area contributed by atoms with Crippen LogP contribution in [0.3, 0.4) is 0 Å². The third kappa shape index (κ3) is 6.64. The van der Waals surface area contributed by atoms with E-state index in [-0.39, 0.29) is 0 Å². The van der Waals surface area contributed by atoms with Crippen LogP contribution >= 0.6 is 0 Å². The molecule has 0 saturated carbocycles. The zero-order valence-electron chi connectivity index (χ0n) is 12.0. The fraction of sp³-hybridized carbons (Fsp3) is 0.923. The van der Waals surface area contributed by atoms with Gasteiger partial charge in [0.1, 0.15) is 0 Å². The molecule has 102 valence electrons. The van der Waals surface area contributed by atoms with Gasteiger partial charge in [-0.3, -0.25) is 4.79 Å². The van der Waals surface area contributed by atoms with Crippen molar-refractivity contribution in [2.75, 3.05) is 40.8 Å². The Kier molecular flexibility index (Phi) is 7.39. The first-order chi connectivity index (χ1) is 7.81. The van der Waals surface area contributed by atoms with E-state index in [9.17, 15) is 9.90 Å². The first-order valence-corrected chi connectivity index (χ1v) is 6.38. The minimum atomic E-state index is -0.682. The molecule has 1 unspecified atom stereocenters. The molecule has 0 saturated heterocycles. The van der Waals surface area contributed by atoms with Crippen molar-refractivity contribution in [1.82, 2.24) is 9.80 Å². The molecule has 0 rings (SSSR count). The molecule has 0 aliphatic heterocycles. The molecule has 0 fully saturated rings. The molecule has 0 amide bonds. The highest BCUT2D eigenvalue weighted by molar-refractivity contribution is 5.74. The van der Waals surface area contributed by atoms with E-state index in [4.69, 9.17) is 0 Å². The molecule has 1 N–H and O–H groups in total. The molecule has 1 atom stereocenters. The predicted octanol–water partition coefficient (Wildman–Crippen LogP) is 1.76. The maximum absolute atomic E-state index is 11.3. The van der Waals surface area contributed by atoms with Crippen LogP contribution in [-0.2, 0) is 4.79 Å². The average molecular weight is 244 g/mol. The van der Waals surface area contributed by atoms with Gasteiger partial charge >= 0.3 is 5.97 Å². The number of hydrogen-bond acceptors (Lipinski definition) is 3. The van der Waals surface area contributed by atoms with E-state index < -0.39 is 11.4 Å². The van der Waals surface area contributed by atoms with Gasteiger partial charge in [0.05, 0.1) is 5.41 Å². The van der Waals surface area contributed by atoms with Crippen molar-refractivity contribution in [3.63, 3.8) is 0 Å². The molecule has 0 aliphatic rings. The Labute approximate surface area is 106 Å². The number of rotatable bonds is 9. The number of carboxylic acid groups (broad SMARTS) is 1. The molecule has 0 aromatic rings. The summed E-state index contributed by atoms with van der Waals surface area (Å²) in [6, 6.07) is 0. The topological polar surface area (TPSA) is 43.8 Å². The molecule has 4 nitrogen and oxygen atoms in total. The lowest BCUT2D eigenvalue weighted by atomic mass is 9.85. The molecular formula is C13H28N2O2. The lowest BCUT2D eigenvalue weighted by Gasteiger charge is -2.30. The third-order valence-electron chi connectivity index (χ3n) is 3.08. The highest BCUT2D eigenvalue weighted by atomic mass is 16.4. The van der Waals surface area contributed by atoms with E-state index in [1.54, 1.807) is 0 Å². The molecule has 0 spiro atoms. The van der Waals surface area contributed by atoms with Gasteiger partial charge in [0.15, 0.2) is 0 Å². The number of aliphatic carboxylic acids is 1. The van der Waals surface area contributed by atoms with Gasteiger partial charge in [0, 0.05) is 6.54 Å². The van der Waals surface area contributed by atoms with Gasteiger partial charge in [-0.2, -0.15) is 0 Å². The van der Waals surface area contributed by atoms with Crippen molar-refractivity contribution in [3.05, 3.63) is 0 Å². The molecular weight excluding hydrogens is 216 g/mol. The van der Waals surface area contributed by atoms with E-state index in [0.717, 1.165) is 32.4 Å². The van der Waals surface area contributed by atoms with Gasteiger partial charge in [0.25, 0.3) is 0 Å². The van der Waals surface area contributed by atoms with Crippen LogP contribution in [0.2, 0.25) is 0 Å². The third-order valence-corrected chi connectivity index (χ3v) is 3.08. The first-order valence-electron chi connectivity index (χ1n) is 6.38. The Morgan fingerprint density at radius 3 is 2.24 bits per heavy atom. The molecule has 0 bridgehead atoms. The Balaban J connectivity index is 4.13. The van der Waals surface area contributed by atoms with Gasteiger partial charge in [-0.15, -0.1) is 0 Å². The Bertz CT molecular complexity index is 231. The van der Waals surface area contributed by atoms with Crippen molar-refractivity contribution in [3.8, 4) is 0 Å². The molecule has 0 aromatic heterocycles. The smallest absolute Gasteiger partial charge is 0.310 e. The quantitative estimate of drug-likeness (QED) is 0.671. The summed E-state index contributed by atoms with van der Waals surface area (Å²) in [6.45, 7) is 6.50. The monoisotopic (exact) mass is 244 g/mol. The van der Waals surface area contributed by atoms with Gasteiger partial charge in [-0.25, -0.2) is 0 Å². The van der Waals surface area contributed by atoms with Crippen molar-refractivity contribution < 1.29 is 9.90 Å². The molecule has 0 radical (unpaired) electrons. The van der Waals surface area contributed by atoms with Crippen LogP contribution in [0.4, 0.5) is 0 Å². The van der Waals surface area contributed by atoms with Crippen LogP contribution in [0, 0.1) is 5.41 Å². The first kappa shape index (κ1) is 16.4.